The van der Waals surface area contributed by atoms with Crippen LogP contribution in [0.3, 0.4) is 0 Å². The van der Waals surface area contributed by atoms with Crippen LogP contribution in [0.4, 0.5) is 0 Å². The van der Waals surface area contributed by atoms with Crippen molar-refractivity contribution in [1.82, 2.24) is 15.1 Å². The average Bonchev–Trinajstić information content (AvgIpc) is 3.10. The summed E-state index contributed by atoms with van der Waals surface area (Å²) >= 11 is 0. The molecule has 5 heteroatoms. The van der Waals surface area contributed by atoms with Crippen molar-refractivity contribution in [2.75, 3.05) is 13.1 Å². The third-order valence-corrected chi connectivity index (χ3v) is 3.47. The minimum atomic E-state index is 0.351. The molecule has 1 fully saturated rings. The van der Waals surface area contributed by atoms with Gasteiger partial charge in [-0.05, 0) is 38.9 Å². The van der Waals surface area contributed by atoms with Crippen molar-refractivity contribution in [1.29, 1.82) is 0 Å². The van der Waals surface area contributed by atoms with Crippen LogP contribution in [0.2, 0.25) is 0 Å². The number of rotatable bonds is 3. The lowest BCUT2D eigenvalue weighted by molar-refractivity contribution is 0.268. The molecule has 0 amide bonds. The molecule has 18 heavy (non-hydrogen) atoms. The van der Waals surface area contributed by atoms with E-state index in [1.807, 2.05) is 12.1 Å². The first-order chi connectivity index (χ1) is 8.74. The molecule has 3 rings (SSSR count). The third kappa shape index (κ3) is 2.06. The Morgan fingerprint density at radius 3 is 2.94 bits per heavy atom. The molecule has 2 aromatic rings. The van der Waals surface area contributed by atoms with Crippen LogP contribution in [-0.4, -0.2) is 34.2 Å². The fourth-order valence-electron chi connectivity index (χ4n) is 2.36. The van der Waals surface area contributed by atoms with Crippen LogP contribution in [0, 0.1) is 0 Å². The maximum atomic E-state index is 5.70. The van der Waals surface area contributed by atoms with Crippen LogP contribution in [0.5, 0.6) is 0 Å². The zero-order valence-electron chi connectivity index (χ0n) is 10.7. The van der Waals surface area contributed by atoms with Gasteiger partial charge in [-0.3, -0.25) is 0 Å². The molecule has 0 spiro atoms. The van der Waals surface area contributed by atoms with Gasteiger partial charge in [0.1, 0.15) is 0 Å². The first-order valence-corrected chi connectivity index (χ1v) is 6.35. The molecule has 0 N–H and O–H groups in total. The maximum absolute atomic E-state index is 5.70. The van der Waals surface area contributed by atoms with E-state index in [9.17, 15) is 0 Å². The molecule has 1 aliphatic heterocycles. The molecule has 0 aromatic carbocycles. The van der Waals surface area contributed by atoms with Crippen LogP contribution < -0.4 is 0 Å². The molecule has 96 valence electrons. The molecule has 1 atom stereocenters. The van der Waals surface area contributed by atoms with Crippen molar-refractivity contribution >= 4 is 0 Å². The number of furan rings is 1. The summed E-state index contributed by atoms with van der Waals surface area (Å²) in [5.74, 6) is 2.18. The molecule has 5 nitrogen and oxygen atoms in total. The molecule has 1 saturated heterocycles. The Kier molecular flexibility index (Phi) is 2.91. The van der Waals surface area contributed by atoms with E-state index < -0.39 is 0 Å². The second-order valence-electron chi connectivity index (χ2n) is 5.00. The first kappa shape index (κ1) is 11.5. The van der Waals surface area contributed by atoms with Gasteiger partial charge in [0.15, 0.2) is 5.76 Å². The van der Waals surface area contributed by atoms with Crippen molar-refractivity contribution in [3.05, 3.63) is 24.3 Å². The summed E-state index contributed by atoms with van der Waals surface area (Å²) in [6, 6.07) is 4.21. The topological polar surface area (TPSA) is 55.3 Å². The fourth-order valence-corrected chi connectivity index (χ4v) is 2.36. The fraction of sp³-hybridized carbons (Fsp3) is 0.538. The second kappa shape index (κ2) is 4.57. The van der Waals surface area contributed by atoms with Gasteiger partial charge in [0, 0.05) is 12.6 Å². The smallest absolute Gasteiger partial charge is 0.283 e. The summed E-state index contributed by atoms with van der Waals surface area (Å²) in [7, 11) is 0. The van der Waals surface area contributed by atoms with Gasteiger partial charge in [-0.2, -0.15) is 0 Å². The zero-order chi connectivity index (χ0) is 12.5. The number of likely N-dealkylation sites (tertiary alicyclic amines) is 1. The van der Waals surface area contributed by atoms with E-state index in [1.165, 1.54) is 0 Å². The molecule has 2 aromatic heterocycles. The van der Waals surface area contributed by atoms with Crippen LogP contribution in [0.15, 0.2) is 27.2 Å². The molecule has 3 heterocycles. The average molecular weight is 247 g/mol. The van der Waals surface area contributed by atoms with Crippen molar-refractivity contribution in [2.24, 2.45) is 0 Å². The van der Waals surface area contributed by atoms with E-state index in [0.717, 1.165) is 25.4 Å². The van der Waals surface area contributed by atoms with Gasteiger partial charge < -0.3 is 13.7 Å². The summed E-state index contributed by atoms with van der Waals surface area (Å²) < 4.78 is 10.9. The molecule has 1 aliphatic rings. The second-order valence-corrected chi connectivity index (χ2v) is 5.00. The molecule has 0 unspecified atom stereocenters. The lowest BCUT2D eigenvalue weighted by atomic mass is 10.1. The standard InChI is InChI=1S/C13H17N3O2/c1-9(2)16-6-5-10(8-16)12-14-15-13(18-12)11-4-3-7-17-11/h3-4,7,9-10H,5-6,8H2,1-2H3/t10-/m0/s1. The molecule has 0 radical (unpaired) electrons. The zero-order valence-corrected chi connectivity index (χ0v) is 10.7. The maximum Gasteiger partial charge on any atom is 0.283 e. The van der Waals surface area contributed by atoms with Crippen LogP contribution >= 0.6 is 0 Å². The summed E-state index contributed by atoms with van der Waals surface area (Å²) in [6.07, 6.45) is 2.69. The highest BCUT2D eigenvalue weighted by molar-refractivity contribution is 5.42. The number of hydrogen-bond donors (Lipinski definition) is 0. The Balaban J connectivity index is 1.75. The highest BCUT2D eigenvalue weighted by atomic mass is 16.4. The van der Waals surface area contributed by atoms with Crippen molar-refractivity contribution < 1.29 is 8.83 Å². The normalized spacial score (nSPS) is 20.9. The van der Waals surface area contributed by atoms with Crippen molar-refractivity contribution in [3.63, 3.8) is 0 Å². The summed E-state index contributed by atoms with van der Waals surface area (Å²) in [4.78, 5) is 2.43. The Morgan fingerprint density at radius 2 is 2.28 bits per heavy atom. The first-order valence-electron chi connectivity index (χ1n) is 6.35. The van der Waals surface area contributed by atoms with Gasteiger partial charge in [0.2, 0.25) is 5.89 Å². The summed E-state index contributed by atoms with van der Waals surface area (Å²) in [6.45, 7) is 6.52. The number of nitrogens with zero attached hydrogens (tertiary/aromatic N) is 3. The Labute approximate surface area is 106 Å². The Hall–Kier alpha value is -1.62. The molecule has 0 bridgehead atoms. The predicted molar refractivity (Wildman–Crippen MR) is 66.1 cm³/mol. The van der Waals surface area contributed by atoms with E-state index in [2.05, 4.69) is 28.9 Å². The SMILES string of the molecule is CC(C)N1CC[C@H](c2nnc(-c3ccco3)o2)C1. The summed E-state index contributed by atoms with van der Waals surface area (Å²) in [5.41, 5.74) is 0. The lowest BCUT2D eigenvalue weighted by Gasteiger charge is -2.19. The highest BCUT2D eigenvalue weighted by Crippen LogP contribution is 2.29. The Bertz CT molecular complexity index is 504. The minimum Gasteiger partial charge on any atom is -0.459 e. The predicted octanol–water partition coefficient (Wildman–Crippen LogP) is 2.53. The number of hydrogen-bond acceptors (Lipinski definition) is 5. The van der Waals surface area contributed by atoms with Gasteiger partial charge >= 0.3 is 0 Å². The van der Waals surface area contributed by atoms with Crippen LogP contribution in [-0.2, 0) is 0 Å². The van der Waals surface area contributed by atoms with E-state index in [1.54, 1.807) is 6.26 Å². The molecular formula is C13H17N3O2. The van der Waals surface area contributed by atoms with E-state index in [4.69, 9.17) is 8.83 Å². The van der Waals surface area contributed by atoms with Crippen molar-refractivity contribution in [3.8, 4) is 11.7 Å². The lowest BCUT2D eigenvalue weighted by Crippen LogP contribution is -2.27. The Morgan fingerprint density at radius 1 is 1.39 bits per heavy atom. The monoisotopic (exact) mass is 247 g/mol. The van der Waals surface area contributed by atoms with Gasteiger partial charge in [-0.15, -0.1) is 10.2 Å². The third-order valence-electron chi connectivity index (χ3n) is 3.47. The minimum absolute atomic E-state index is 0.351. The quantitative estimate of drug-likeness (QED) is 0.834. The largest absolute Gasteiger partial charge is 0.459 e. The summed E-state index contributed by atoms with van der Waals surface area (Å²) in [5, 5.41) is 8.19. The van der Waals surface area contributed by atoms with Gasteiger partial charge in [-0.25, -0.2) is 0 Å². The number of aromatic nitrogens is 2. The van der Waals surface area contributed by atoms with Crippen LogP contribution in [0.1, 0.15) is 32.1 Å². The van der Waals surface area contributed by atoms with E-state index >= 15 is 0 Å². The van der Waals surface area contributed by atoms with Crippen molar-refractivity contribution in [2.45, 2.75) is 32.2 Å². The van der Waals surface area contributed by atoms with Crippen LogP contribution in [0.25, 0.3) is 11.7 Å². The molecule has 0 aliphatic carbocycles. The highest BCUT2D eigenvalue weighted by Gasteiger charge is 2.29. The van der Waals surface area contributed by atoms with Gasteiger partial charge in [-0.1, -0.05) is 0 Å². The van der Waals surface area contributed by atoms with E-state index in [-0.39, 0.29) is 0 Å². The van der Waals surface area contributed by atoms with Gasteiger partial charge in [0.25, 0.3) is 5.89 Å². The van der Waals surface area contributed by atoms with Gasteiger partial charge in [0.05, 0.1) is 12.2 Å². The van der Waals surface area contributed by atoms with E-state index in [0.29, 0.717) is 23.6 Å². The molecular weight excluding hydrogens is 230 g/mol. The molecule has 0 saturated carbocycles.